The van der Waals surface area contributed by atoms with Crippen LogP contribution >= 0.6 is 0 Å². The number of hydrogen-bond acceptors (Lipinski definition) is 6. The Morgan fingerprint density at radius 2 is 1.88 bits per heavy atom. The van der Waals surface area contributed by atoms with Gasteiger partial charge in [-0.15, -0.1) is 0 Å². The van der Waals surface area contributed by atoms with E-state index in [1.807, 2.05) is 6.92 Å². The van der Waals surface area contributed by atoms with Crippen LogP contribution in [0.25, 0.3) is 0 Å². The number of amides is 2. The van der Waals surface area contributed by atoms with Gasteiger partial charge in [-0.2, -0.15) is 0 Å². The summed E-state index contributed by atoms with van der Waals surface area (Å²) in [7, 11) is 1.54. The van der Waals surface area contributed by atoms with Crippen molar-refractivity contribution >= 4 is 12.0 Å². The fraction of sp³-hybridized carbons (Fsp3) is 0.913. The molecule has 4 heterocycles. The van der Waals surface area contributed by atoms with Crippen molar-refractivity contribution in [3.8, 4) is 0 Å². The van der Waals surface area contributed by atoms with Gasteiger partial charge in [-0.1, -0.05) is 20.3 Å². The fourth-order valence-electron chi connectivity index (χ4n) is 6.51. The number of rotatable bonds is 2. The Bertz CT molecular complexity index is 712. The lowest BCUT2D eigenvalue weighted by Crippen LogP contribution is -2.61. The Kier molecular flexibility index (Phi) is 6.73. The zero-order valence-corrected chi connectivity index (χ0v) is 19.7. The van der Waals surface area contributed by atoms with Crippen molar-refractivity contribution in [2.45, 2.75) is 65.0 Å². The first-order chi connectivity index (χ1) is 15.2. The molecule has 0 aromatic heterocycles. The maximum Gasteiger partial charge on any atom is 0.407 e. The summed E-state index contributed by atoms with van der Waals surface area (Å²) in [5.74, 6) is 2.67. The van der Waals surface area contributed by atoms with Crippen LogP contribution in [0.3, 0.4) is 0 Å². The van der Waals surface area contributed by atoms with Crippen LogP contribution in [-0.4, -0.2) is 67.4 Å². The molecule has 1 saturated carbocycles. The summed E-state index contributed by atoms with van der Waals surface area (Å²) in [6, 6.07) is 0. The second-order valence-corrected chi connectivity index (χ2v) is 10.6. The molecule has 5 fully saturated rings. The molecular formula is C23H38N2O7. The monoisotopic (exact) mass is 454 g/mol. The third kappa shape index (κ3) is 4.36. The predicted octanol–water partition coefficient (Wildman–Crippen LogP) is 2.85. The van der Waals surface area contributed by atoms with E-state index in [0.29, 0.717) is 37.4 Å². The minimum Gasteiger partial charge on any atom is -0.465 e. The van der Waals surface area contributed by atoms with Crippen LogP contribution in [0.1, 0.15) is 52.9 Å². The van der Waals surface area contributed by atoms with Gasteiger partial charge < -0.3 is 24.8 Å². The highest BCUT2D eigenvalue weighted by Gasteiger charge is 2.54. The molecule has 1 aliphatic carbocycles. The van der Waals surface area contributed by atoms with Crippen molar-refractivity contribution in [1.82, 2.24) is 10.2 Å². The van der Waals surface area contributed by atoms with E-state index in [1.165, 1.54) is 17.7 Å². The zero-order valence-electron chi connectivity index (χ0n) is 19.7. The van der Waals surface area contributed by atoms with E-state index in [0.717, 1.165) is 37.7 Å². The average Bonchev–Trinajstić information content (AvgIpc) is 3.02. The maximum atomic E-state index is 11.2. The molecule has 1 spiro atoms. The molecular weight excluding hydrogens is 416 g/mol. The molecule has 0 radical (unpaired) electrons. The van der Waals surface area contributed by atoms with Crippen molar-refractivity contribution in [2.75, 3.05) is 33.4 Å². The number of likely N-dealkylation sites (tertiary alicyclic amines) is 1. The summed E-state index contributed by atoms with van der Waals surface area (Å²) >= 11 is 0. The van der Waals surface area contributed by atoms with E-state index >= 15 is 0 Å². The predicted molar refractivity (Wildman–Crippen MR) is 114 cm³/mol. The molecule has 32 heavy (non-hydrogen) atoms. The Morgan fingerprint density at radius 3 is 2.50 bits per heavy atom. The third-order valence-electron chi connectivity index (χ3n) is 8.43. The topological polar surface area (TPSA) is 107 Å². The van der Waals surface area contributed by atoms with Crippen molar-refractivity contribution in [3.63, 3.8) is 0 Å². The Morgan fingerprint density at radius 1 is 1.16 bits per heavy atom. The molecule has 7 atom stereocenters. The van der Waals surface area contributed by atoms with Crippen LogP contribution < -0.4 is 5.32 Å². The SMILES string of the molecule is COOC1(C)CCC2C(C)CCC3C2[C@H](OC[C@@H]3C)O1.O=C(O)N1CC2(CCNC2=O)C1. The molecule has 0 aromatic carbocycles. The lowest BCUT2D eigenvalue weighted by Gasteiger charge is -2.49. The molecule has 0 aromatic rings. The molecule has 2 N–H and O–H groups in total. The molecule has 0 bridgehead atoms. The Balaban J connectivity index is 0.000000174. The van der Waals surface area contributed by atoms with Crippen LogP contribution in [0.5, 0.6) is 0 Å². The Hall–Kier alpha value is -1.42. The minimum absolute atomic E-state index is 0.0139. The van der Waals surface area contributed by atoms with Crippen LogP contribution in [0.4, 0.5) is 4.79 Å². The number of hydrogen-bond donors (Lipinski definition) is 2. The highest BCUT2D eigenvalue weighted by molar-refractivity contribution is 5.88. The normalized spacial score (nSPS) is 42.1. The zero-order chi connectivity index (χ0) is 23.1. The number of carbonyl (C=O) groups is 2. The van der Waals surface area contributed by atoms with Crippen LogP contribution in [0.15, 0.2) is 0 Å². The van der Waals surface area contributed by atoms with Gasteiger partial charge in [0.05, 0.1) is 19.1 Å². The quantitative estimate of drug-likeness (QED) is 0.488. The highest BCUT2D eigenvalue weighted by atomic mass is 17.2. The molecule has 4 aliphatic heterocycles. The first kappa shape index (κ1) is 23.7. The molecule has 5 rings (SSSR count). The molecule has 9 nitrogen and oxygen atoms in total. The van der Waals surface area contributed by atoms with Gasteiger partial charge >= 0.3 is 6.09 Å². The minimum atomic E-state index is -0.930. The fourth-order valence-corrected chi connectivity index (χ4v) is 6.51. The van der Waals surface area contributed by atoms with Gasteiger partial charge in [0.25, 0.3) is 0 Å². The number of carbonyl (C=O) groups excluding carboxylic acids is 1. The standard InChI is InChI=1S/C16H28O4.C7H10N2O3/c1-10-5-6-12-11(2)9-18-15-14(12)13(10)7-8-16(3,19-15)20-17-4;10-5-7(1-2-8-5)3-9(4-7)6(11)12/h10-15H,5-9H2,1-4H3;1-4H2,(H,8,10)(H,11,12)/t10?,11-,12?,13?,14?,15+,16?;/m0./s1. The summed E-state index contributed by atoms with van der Waals surface area (Å²) in [5, 5.41) is 11.3. The van der Waals surface area contributed by atoms with Crippen LogP contribution in [0.2, 0.25) is 0 Å². The van der Waals surface area contributed by atoms with E-state index in [1.54, 1.807) is 7.11 Å². The maximum absolute atomic E-state index is 11.2. The number of nitrogens with one attached hydrogen (secondary N) is 1. The average molecular weight is 455 g/mol. The van der Waals surface area contributed by atoms with Gasteiger partial charge in [-0.3, -0.25) is 4.79 Å². The van der Waals surface area contributed by atoms with E-state index < -0.39 is 11.9 Å². The molecule has 182 valence electrons. The summed E-state index contributed by atoms with van der Waals surface area (Å²) < 4.78 is 12.2. The molecule has 9 heteroatoms. The van der Waals surface area contributed by atoms with Crippen molar-refractivity contribution in [2.24, 2.45) is 35.0 Å². The van der Waals surface area contributed by atoms with E-state index in [-0.39, 0.29) is 17.6 Å². The molecule has 5 unspecified atom stereocenters. The summed E-state index contributed by atoms with van der Waals surface area (Å²) in [4.78, 5) is 33.2. The van der Waals surface area contributed by atoms with Crippen molar-refractivity contribution < 1.29 is 33.9 Å². The van der Waals surface area contributed by atoms with E-state index in [4.69, 9.17) is 24.4 Å². The summed E-state index contributed by atoms with van der Waals surface area (Å²) in [5.41, 5.74) is -0.377. The summed E-state index contributed by atoms with van der Waals surface area (Å²) in [6.07, 6.45) is 4.36. The van der Waals surface area contributed by atoms with Crippen molar-refractivity contribution in [1.29, 1.82) is 0 Å². The van der Waals surface area contributed by atoms with Crippen molar-refractivity contribution in [3.05, 3.63) is 0 Å². The number of nitrogens with zero attached hydrogens (tertiary/aromatic N) is 1. The molecule has 2 amide bonds. The highest BCUT2D eigenvalue weighted by Crippen LogP contribution is 2.52. The van der Waals surface area contributed by atoms with E-state index in [9.17, 15) is 9.59 Å². The lowest BCUT2D eigenvalue weighted by atomic mass is 9.61. The van der Waals surface area contributed by atoms with Gasteiger partial charge in [0, 0.05) is 32.0 Å². The number of ether oxygens (including phenoxy) is 2. The third-order valence-corrected chi connectivity index (χ3v) is 8.43. The van der Waals surface area contributed by atoms with Gasteiger partial charge in [0.2, 0.25) is 11.7 Å². The molecule has 4 saturated heterocycles. The van der Waals surface area contributed by atoms with Crippen LogP contribution in [-0.2, 0) is 24.0 Å². The second kappa shape index (κ2) is 9.08. The van der Waals surface area contributed by atoms with Gasteiger partial charge in [0.15, 0.2) is 6.29 Å². The smallest absolute Gasteiger partial charge is 0.407 e. The number of carboxylic acid groups (broad SMARTS) is 1. The second-order valence-electron chi connectivity index (χ2n) is 10.6. The van der Waals surface area contributed by atoms with Gasteiger partial charge in [-0.05, 0) is 49.9 Å². The van der Waals surface area contributed by atoms with E-state index in [2.05, 4.69) is 19.2 Å². The first-order valence-electron chi connectivity index (χ1n) is 12.0. The Labute approximate surface area is 190 Å². The lowest BCUT2D eigenvalue weighted by molar-refractivity contribution is -0.441. The summed E-state index contributed by atoms with van der Waals surface area (Å²) in [6.45, 7) is 8.90. The van der Waals surface area contributed by atoms with Gasteiger partial charge in [-0.25, -0.2) is 14.6 Å². The first-order valence-corrected chi connectivity index (χ1v) is 12.0. The largest absolute Gasteiger partial charge is 0.465 e. The van der Waals surface area contributed by atoms with Crippen LogP contribution in [0, 0.1) is 35.0 Å². The molecule has 5 aliphatic rings. The van der Waals surface area contributed by atoms with Gasteiger partial charge in [0.1, 0.15) is 0 Å².